The van der Waals surface area contributed by atoms with Crippen LogP contribution in [0.15, 0.2) is 29.3 Å². The zero-order chi connectivity index (χ0) is 18.4. The van der Waals surface area contributed by atoms with Crippen LogP contribution in [0.25, 0.3) is 0 Å². The van der Waals surface area contributed by atoms with Gasteiger partial charge in [-0.1, -0.05) is 38.0 Å². The highest BCUT2D eigenvalue weighted by atomic mass is 16.2. The molecule has 2 aliphatic rings. The molecule has 2 atom stereocenters. The van der Waals surface area contributed by atoms with Gasteiger partial charge in [-0.2, -0.15) is 0 Å². The van der Waals surface area contributed by atoms with Crippen molar-refractivity contribution >= 4 is 17.6 Å². The highest BCUT2D eigenvalue weighted by Crippen LogP contribution is 2.28. The summed E-state index contributed by atoms with van der Waals surface area (Å²) in [4.78, 5) is 18.8. The van der Waals surface area contributed by atoms with Crippen molar-refractivity contribution in [2.45, 2.75) is 57.9 Å². The van der Waals surface area contributed by atoms with Crippen molar-refractivity contribution in [2.24, 2.45) is 10.9 Å². The molecule has 1 saturated carbocycles. The molecule has 1 aromatic carbocycles. The molecule has 26 heavy (non-hydrogen) atoms. The van der Waals surface area contributed by atoms with Crippen LogP contribution in [0.4, 0.5) is 5.69 Å². The van der Waals surface area contributed by atoms with Gasteiger partial charge in [0.25, 0.3) is 0 Å². The number of nitrogens with zero attached hydrogens (tertiary/aromatic N) is 2. The number of hydrogen-bond donors (Lipinski definition) is 2. The lowest BCUT2D eigenvalue weighted by Gasteiger charge is -2.28. The Kier molecular flexibility index (Phi) is 6.53. The number of carbonyl (C=O) groups excluding carboxylic acids is 1. The predicted octanol–water partition coefficient (Wildman–Crippen LogP) is 3.10. The summed E-state index contributed by atoms with van der Waals surface area (Å²) in [5.74, 6) is 1.88. The zero-order valence-electron chi connectivity index (χ0n) is 16.1. The maximum atomic E-state index is 12.5. The van der Waals surface area contributed by atoms with E-state index in [0.717, 1.165) is 43.5 Å². The quantitative estimate of drug-likeness (QED) is 0.484. The number of nitrogens with one attached hydrogen (secondary N) is 2. The summed E-state index contributed by atoms with van der Waals surface area (Å²) in [6, 6.07) is 8.74. The van der Waals surface area contributed by atoms with Gasteiger partial charge < -0.3 is 15.5 Å². The van der Waals surface area contributed by atoms with Gasteiger partial charge in [-0.25, -0.2) is 0 Å². The molecule has 1 amide bonds. The van der Waals surface area contributed by atoms with E-state index in [1.165, 1.54) is 31.2 Å². The first kappa shape index (κ1) is 18.7. The van der Waals surface area contributed by atoms with E-state index in [9.17, 15) is 4.79 Å². The summed E-state index contributed by atoms with van der Waals surface area (Å²) in [6.45, 7) is 3.91. The van der Waals surface area contributed by atoms with E-state index >= 15 is 0 Å². The smallest absolute Gasteiger partial charge is 0.227 e. The lowest BCUT2D eigenvalue weighted by Crippen LogP contribution is -2.45. The molecule has 0 radical (unpaired) electrons. The first-order chi connectivity index (χ1) is 12.7. The molecule has 1 aromatic rings. The summed E-state index contributed by atoms with van der Waals surface area (Å²) in [6.07, 6.45) is 7.42. The summed E-state index contributed by atoms with van der Waals surface area (Å²) in [5, 5.41) is 6.90. The average molecular weight is 357 g/mol. The fourth-order valence-electron chi connectivity index (χ4n) is 4.13. The van der Waals surface area contributed by atoms with Gasteiger partial charge in [-0.15, -0.1) is 0 Å². The topological polar surface area (TPSA) is 56.7 Å². The van der Waals surface area contributed by atoms with Crippen molar-refractivity contribution in [1.29, 1.82) is 0 Å². The molecule has 0 spiro atoms. The Hall–Kier alpha value is -2.04. The molecule has 0 bridgehead atoms. The number of hydrogen-bond acceptors (Lipinski definition) is 2. The van der Waals surface area contributed by atoms with Gasteiger partial charge in [0.2, 0.25) is 5.91 Å². The van der Waals surface area contributed by atoms with Gasteiger partial charge in [0.15, 0.2) is 5.96 Å². The number of amides is 1. The summed E-state index contributed by atoms with van der Waals surface area (Å²) >= 11 is 0. The zero-order valence-corrected chi connectivity index (χ0v) is 16.1. The van der Waals surface area contributed by atoms with E-state index in [4.69, 9.17) is 0 Å². The number of aliphatic imine (C=N–C) groups is 1. The molecule has 5 heteroatoms. The molecule has 3 rings (SSSR count). The third kappa shape index (κ3) is 4.77. The number of rotatable bonds is 5. The minimum absolute atomic E-state index is 0.223. The number of benzene rings is 1. The van der Waals surface area contributed by atoms with Gasteiger partial charge in [0.1, 0.15) is 0 Å². The molecule has 0 saturated heterocycles. The Morgan fingerprint density at radius 1 is 1.31 bits per heavy atom. The molecule has 1 aliphatic carbocycles. The maximum Gasteiger partial charge on any atom is 0.227 e. The van der Waals surface area contributed by atoms with Crippen LogP contribution in [0.5, 0.6) is 0 Å². The molecule has 5 nitrogen and oxygen atoms in total. The van der Waals surface area contributed by atoms with Gasteiger partial charge in [-0.3, -0.25) is 9.79 Å². The van der Waals surface area contributed by atoms with E-state index < -0.39 is 0 Å². The Morgan fingerprint density at radius 2 is 2.15 bits per heavy atom. The summed E-state index contributed by atoms with van der Waals surface area (Å²) < 4.78 is 0. The van der Waals surface area contributed by atoms with Crippen molar-refractivity contribution in [3.8, 4) is 0 Å². The van der Waals surface area contributed by atoms with Gasteiger partial charge in [0, 0.05) is 38.3 Å². The maximum absolute atomic E-state index is 12.5. The molecular formula is C21H32N4O. The van der Waals surface area contributed by atoms with Crippen molar-refractivity contribution < 1.29 is 4.79 Å². The van der Waals surface area contributed by atoms with Gasteiger partial charge in [-0.05, 0) is 43.2 Å². The van der Waals surface area contributed by atoms with Crippen molar-refractivity contribution in [1.82, 2.24) is 10.6 Å². The second-order valence-corrected chi connectivity index (χ2v) is 7.64. The van der Waals surface area contributed by atoms with E-state index in [1.54, 1.807) is 0 Å². The third-order valence-corrected chi connectivity index (χ3v) is 5.55. The number of para-hydroxylation sites is 1. The van der Waals surface area contributed by atoms with E-state index in [0.29, 0.717) is 12.5 Å². The lowest BCUT2D eigenvalue weighted by atomic mass is 9.87. The first-order valence-corrected chi connectivity index (χ1v) is 10.0. The van der Waals surface area contributed by atoms with E-state index in [-0.39, 0.29) is 5.91 Å². The Labute approximate surface area is 157 Å². The van der Waals surface area contributed by atoms with Crippen molar-refractivity contribution in [3.05, 3.63) is 29.8 Å². The minimum atomic E-state index is 0.223. The Morgan fingerprint density at radius 3 is 2.96 bits per heavy atom. The lowest BCUT2D eigenvalue weighted by molar-refractivity contribution is -0.118. The Bertz CT molecular complexity index is 643. The number of anilines is 1. The van der Waals surface area contributed by atoms with Crippen LogP contribution in [0.1, 0.15) is 51.0 Å². The standard InChI is InChI=1S/C21H32N4O/c1-16-7-5-9-18(15-16)24-21(22-2)23-13-6-11-20(26)25-14-12-17-8-3-4-10-19(17)25/h3-4,8,10,16,18H,5-7,9,11-15H2,1-2H3,(H2,22,23,24). The van der Waals surface area contributed by atoms with Crippen molar-refractivity contribution in [3.63, 3.8) is 0 Å². The molecule has 0 aromatic heterocycles. The SMILES string of the molecule is CN=C(NCCCC(=O)N1CCc2ccccc21)NC1CCCC(C)C1. The fraction of sp³-hybridized carbons (Fsp3) is 0.619. The van der Waals surface area contributed by atoms with Crippen LogP contribution in [0.2, 0.25) is 0 Å². The van der Waals surface area contributed by atoms with E-state index in [1.807, 2.05) is 24.1 Å². The molecule has 2 N–H and O–H groups in total. The van der Waals surface area contributed by atoms with Crippen LogP contribution in [0, 0.1) is 5.92 Å². The molecule has 142 valence electrons. The fourth-order valence-corrected chi connectivity index (χ4v) is 4.13. The van der Waals surface area contributed by atoms with Crippen LogP contribution < -0.4 is 15.5 Å². The third-order valence-electron chi connectivity index (χ3n) is 5.55. The van der Waals surface area contributed by atoms with Gasteiger partial charge >= 0.3 is 0 Å². The number of guanidine groups is 1. The van der Waals surface area contributed by atoms with Crippen molar-refractivity contribution in [2.75, 3.05) is 25.0 Å². The number of fused-ring (bicyclic) bond motifs is 1. The molecule has 1 heterocycles. The van der Waals surface area contributed by atoms with Crippen LogP contribution in [-0.2, 0) is 11.2 Å². The summed E-state index contributed by atoms with van der Waals surface area (Å²) in [5.41, 5.74) is 2.37. The molecule has 2 unspecified atom stereocenters. The predicted molar refractivity (Wildman–Crippen MR) is 108 cm³/mol. The molecular weight excluding hydrogens is 324 g/mol. The minimum Gasteiger partial charge on any atom is -0.356 e. The second kappa shape index (κ2) is 9.06. The molecule has 1 aliphatic heterocycles. The molecule has 1 fully saturated rings. The largest absolute Gasteiger partial charge is 0.356 e. The normalized spacial score (nSPS) is 22.8. The monoisotopic (exact) mass is 356 g/mol. The second-order valence-electron chi connectivity index (χ2n) is 7.64. The van der Waals surface area contributed by atoms with E-state index in [2.05, 4.69) is 34.7 Å². The number of carbonyl (C=O) groups is 1. The Balaban J connectivity index is 1.38. The highest BCUT2D eigenvalue weighted by Gasteiger charge is 2.23. The van der Waals surface area contributed by atoms with Crippen LogP contribution in [0.3, 0.4) is 0 Å². The first-order valence-electron chi connectivity index (χ1n) is 10.0. The van der Waals surface area contributed by atoms with Crippen LogP contribution in [-0.4, -0.2) is 38.0 Å². The van der Waals surface area contributed by atoms with Crippen LogP contribution >= 0.6 is 0 Å². The average Bonchev–Trinajstić information content (AvgIpc) is 3.08. The summed E-state index contributed by atoms with van der Waals surface area (Å²) in [7, 11) is 1.81. The highest BCUT2D eigenvalue weighted by molar-refractivity contribution is 5.95. The van der Waals surface area contributed by atoms with Gasteiger partial charge in [0.05, 0.1) is 0 Å².